The molecule has 2 N–H and O–H groups in total. The number of halogens is 2. The summed E-state index contributed by atoms with van der Waals surface area (Å²) >= 11 is 8.98. The second-order valence-electron chi connectivity index (χ2n) is 3.88. The van der Waals surface area contributed by atoms with Crippen LogP contribution in [0.5, 0.6) is 0 Å². The number of amides is 1. The summed E-state index contributed by atoms with van der Waals surface area (Å²) in [6.45, 7) is 0.00486. The zero-order valence-corrected chi connectivity index (χ0v) is 12.2. The van der Waals surface area contributed by atoms with E-state index in [0.717, 1.165) is 0 Å². The average Bonchev–Trinajstić information content (AvgIpc) is 2.60. The van der Waals surface area contributed by atoms with Gasteiger partial charge in [0.25, 0.3) is 0 Å². The van der Waals surface area contributed by atoms with E-state index in [9.17, 15) is 13.2 Å². The highest BCUT2D eigenvalue weighted by Gasteiger charge is 2.38. The van der Waals surface area contributed by atoms with Gasteiger partial charge in [-0.3, -0.25) is 9.69 Å². The Morgan fingerprint density at radius 3 is 2.72 bits per heavy atom. The van der Waals surface area contributed by atoms with Gasteiger partial charge in [0.15, 0.2) is 0 Å². The molecule has 0 aliphatic carbocycles. The van der Waals surface area contributed by atoms with E-state index in [4.69, 9.17) is 16.7 Å². The van der Waals surface area contributed by atoms with Gasteiger partial charge in [-0.2, -0.15) is 0 Å². The third-order valence-electron chi connectivity index (χ3n) is 2.60. The topological polar surface area (TPSA) is 93.4 Å². The molecule has 6 nitrogen and oxygen atoms in total. The van der Waals surface area contributed by atoms with Crippen LogP contribution in [0, 0.1) is 0 Å². The molecule has 0 aromatic carbocycles. The zero-order valence-electron chi connectivity index (χ0n) is 9.01. The fraction of sp³-hybridized carbons (Fsp3) is 0.333. The number of aromatic nitrogens is 1. The average molecular weight is 355 g/mol. The Morgan fingerprint density at radius 2 is 2.22 bits per heavy atom. The Balaban J connectivity index is 2.33. The molecule has 2 rings (SSSR count). The number of pyridine rings is 1. The largest absolute Gasteiger partial charge is 0.294 e. The maximum absolute atomic E-state index is 11.8. The number of nitrogens with two attached hydrogens (primary N) is 1. The van der Waals surface area contributed by atoms with Crippen molar-refractivity contribution in [3.05, 3.63) is 21.8 Å². The number of carbonyl (C=O) groups is 1. The van der Waals surface area contributed by atoms with Crippen LogP contribution in [0.2, 0.25) is 5.02 Å². The van der Waals surface area contributed by atoms with Gasteiger partial charge >= 0.3 is 0 Å². The van der Waals surface area contributed by atoms with E-state index in [-0.39, 0.29) is 18.9 Å². The fourth-order valence-electron chi connectivity index (χ4n) is 1.71. The van der Waals surface area contributed by atoms with Crippen molar-refractivity contribution in [3.63, 3.8) is 0 Å². The summed E-state index contributed by atoms with van der Waals surface area (Å²) in [6, 6.07) is 1.58. The van der Waals surface area contributed by atoms with Crippen molar-refractivity contribution in [2.24, 2.45) is 5.14 Å². The Kier molecular flexibility index (Phi) is 3.63. The number of rotatable bonds is 2. The van der Waals surface area contributed by atoms with Gasteiger partial charge < -0.3 is 0 Å². The summed E-state index contributed by atoms with van der Waals surface area (Å²) in [4.78, 5) is 17.1. The van der Waals surface area contributed by atoms with Crippen LogP contribution in [0.1, 0.15) is 6.42 Å². The summed E-state index contributed by atoms with van der Waals surface area (Å²) in [5.74, 6) is 0.0140. The molecule has 1 atom stereocenters. The predicted octanol–water partition coefficient (Wildman–Crippen LogP) is 0.891. The van der Waals surface area contributed by atoms with Crippen LogP contribution >= 0.6 is 27.5 Å². The molecule has 0 radical (unpaired) electrons. The molecule has 1 fully saturated rings. The number of hydrogen-bond acceptors (Lipinski definition) is 4. The van der Waals surface area contributed by atoms with E-state index >= 15 is 0 Å². The smallest absolute Gasteiger partial charge is 0.229 e. The molecular formula is C9H9BrClN3O3S. The Labute approximate surface area is 117 Å². The monoisotopic (exact) mass is 353 g/mol. The summed E-state index contributed by atoms with van der Waals surface area (Å²) in [5, 5.41) is 4.57. The van der Waals surface area contributed by atoms with E-state index in [1.165, 1.54) is 11.1 Å². The van der Waals surface area contributed by atoms with Crippen LogP contribution in [0.3, 0.4) is 0 Å². The first kappa shape index (κ1) is 13.7. The zero-order chi connectivity index (χ0) is 13.5. The molecule has 0 spiro atoms. The summed E-state index contributed by atoms with van der Waals surface area (Å²) in [5.41, 5.74) is 0. The molecule has 1 amide bonds. The molecule has 0 saturated carbocycles. The van der Waals surface area contributed by atoms with E-state index in [0.29, 0.717) is 15.3 Å². The normalized spacial score (nSPS) is 20.5. The van der Waals surface area contributed by atoms with Gasteiger partial charge in [-0.05, 0) is 22.0 Å². The predicted molar refractivity (Wildman–Crippen MR) is 70.8 cm³/mol. The Bertz CT molecular complexity index is 607. The molecule has 98 valence electrons. The standard InChI is InChI=1S/C9H9BrClN3O3S/c10-7-1-5(11)3-13-9(7)14-4-6(2-8(14)15)18(12,16)17/h1,3,6H,2,4H2,(H2,12,16,17). The first-order chi connectivity index (χ1) is 8.29. The minimum Gasteiger partial charge on any atom is -0.294 e. The number of nitrogens with zero attached hydrogens (tertiary/aromatic N) is 2. The van der Waals surface area contributed by atoms with Gasteiger partial charge in [0.2, 0.25) is 15.9 Å². The van der Waals surface area contributed by atoms with Crippen molar-refractivity contribution in [2.45, 2.75) is 11.7 Å². The quantitative estimate of drug-likeness (QED) is 0.853. The highest BCUT2D eigenvalue weighted by molar-refractivity contribution is 9.10. The molecule has 0 bridgehead atoms. The number of hydrogen-bond donors (Lipinski definition) is 1. The molecule has 9 heteroatoms. The van der Waals surface area contributed by atoms with E-state index in [1.807, 2.05) is 0 Å². The molecule has 1 aliphatic heterocycles. The minimum absolute atomic E-state index is 0.00486. The fourth-order valence-corrected chi connectivity index (χ4v) is 3.29. The molecule has 18 heavy (non-hydrogen) atoms. The number of sulfonamides is 1. The minimum atomic E-state index is -3.73. The van der Waals surface area contributed by atoms with Gasteiger partial charge in [0.1, 0.15) is 11.1 Å². The van der Waals surface area contributed by atoms with Gasteiger partial charge in [-0.25, -0.2) is 18.5 Å². The second-order valence-corrected chi connectivity index (χ2v) is 7.01. The van der Waals surface area contributed by atoms with Crippen LogP contribution in [0.4, 0.5) is 5.82 Å². The van der Waals surface area contributed by atoms with Crippen molar-refractivity contribution >= 4 is 49.3 Å². The highest BCUT2D eigenvalue weighted by Crippen LogP contribution is 2.30. The highest BCUT2D eigenvalue weighted by atomic mass is 79.9. The van der Waals surface area contributed by atoms with Crippen molar-refractivity contribution in [3.8, 4) is 0 Å². The van der Waals surface area contributed by atoms with E-state index < -0.39 is 15.3 Å². The molecule has 1 unspecified atom stereocenters. The third kappa shape index (κ3) is 2.66. The van der Waals surface area contributed by atoms with Crippen LogP contribution in [-0.4, -0.2) is 31.1 Å². The molecule has 1 aliphatic rings. The van der Waals surface area contributed by atoms with Crippen molar-refractivity contribution in [1.29, 1.82) is 0 Å². The molecule has 1 aromatic rings. The van der Waals surface area contributed by atoms with Crippen LogP contribution in [0.15, 0.2) is 16.7 Å². The summed E-state index contributed by atoms with van der Waals surface area (Å²) in [6.07, 6.45) is 1.26. The maximum Gasteiger partial charge on any atom is 0.229 e. The lowest BCUT2D eigenvalue weighted by Crippen LogP contribution is -2.32. The van der Waals surface area contributed by atoms with Crippen molar-refractivity contribution < 1.29 is 13.2 Å². The van der Waals surface area contributed by atoms with Gasteiger partial charge in [0, 0.05) is 19.2 Å². The lowest BCUT2D eigenvalue weighted by atomic mass is 10.4. The van der Waals surface area contributed by atoms with Gasteiger partial charge in [0.05, 0.1) is 9.50 Å². The van der Waals surface area contributed by atoms with Crippen LogP contribution in [-0.2, 0) is 14.8 Å². The van der Waals surface area contributed by atoms with Crippen molar-refractivity contribution in [1.82, 2.24) is 4.98 Å². The first-order valence-corrected chi connectivity index (χ1v) is 7.70. The molecule has 1 saturated heterocycles. The Hall–Kier alpha value is -0.700. The van der Waals surface area contributed by atoms with Gasteiger partial charge in [-0.1, -0.05) is 11.6 Å². The number of primary sulfonamides is 1. The first-order valence-electron chi connectivity index (χ1n) is 4.92. The van der Waals surface area contributed by atoms with Crippen LogP contribution in [0.25, 0.3) is 0 Å². The second kappa shape index (κ2) is 4.76. The van der Waals surface area contributed by atoms with Gasteiger partial charge in [-0.15, -0.1) is 0 Å². The Morgan fingerprint density at radius 1 is 1.56 bits per heavy atom. The summed E-state index contributed by atoms with van der Waals surface area (Å²) < 4.78 is 23.0. The number of carbonyl (C=O) groups excluding carboxylic acids is 1. The number of anilines is 1. The SMILES string of the molecule is NS(=O)(=O)C1CC(=O)N(c2ncc(Cl)cc2Br)C1. The molecule has 2 heterocycles. The van der Waals surface area contributed by atoms with E-state index in [2.05, 4.69) is 20.9 Å². The van der Waals surface area contributed by atoms with Crippen LogP contribution < -0.4 is 10.0 Å². The molecule has 1 aromatic heterocycles. The maximum atomic E-state index is 11.8. The third-order valence-corrected chi connectivity index (χ3v) is 4.63. The summed E-state index contributed by atoms with van der Waals surface area (Å²) in [7, 11) is -3.73. The van der Waals surface area contributed by atoms with Crippen molar-refractivity contribution in [2.75, 3.05) is 11.4 Å². The lowest BCUT2D eigenvalue weighted by Gasteiger charge is -2.16. The lowest BCUT2D eigenvalue weighted by molar-refractivity contribution is -0.117. The molecular weight excluding hydrogens is 346 g/mol. The van der Waals surface area contributed by atoms with E-state index in [1.54, 1.807) is 6.07 Å².